The van der Waals surface area contributed by atoms with Gasteiger partial charge in [-0.15, -0.1) is 0 Å². The highest BCUT2D eigenvalue weighted by molar-refractivity contribution is 7.16. The zero-order valence-corrected chi connectivity index (χ0v) is 16.0. The molecule has 8 heteroatoms. The number of hydrogen-bond acceptors (Lipinski definition) is 5. The Bertz CT molecular complexity index is 1040. The lowest BCUT2D eigenvalue weighted by Crippen LogP contribution is -2.20. The van der Waals surface area contributed by atoms with Crippen LogP contribution >= 0.6 is 11.3 Å². The van der Waals surface area contributed by atoms with Crippen molar-refractivity contribution in [3.8, 4) is 11.5 Å². The van der Waals surface area contributed by atoms with Gasteiger partial charge in [-0.3, -0.25) is 4.79 Å². The van der Waals surface area contributed by atoms with E-state index in [-0.39, 0.29) is 5.82 Å². The predicted octanol–water partition coefficient (Wildman–Crippen LogP) is 3.25. The fourth-order valence-corrected chi connectivity index (χ4v) is 3.75. The Kier molecular flexibility index (Phi) is 5.88. The Morgan fingerprint density at radius 3 is 2.70 bits per heavy atom. The van der Waals surface area contributed by atoms with E-state index in [4.69, 9.17) is 14.2 Å². The number of halogens is 1. The van der Waals surface area contributed by atoms with Gasteiger partial charge in [-0.1, -0.05) is 17.4 Å². The Hall–Kier alpha value is -2.71. The van der Waals surface area contributed by atoms with E-state index in [1.165, 1.54) is 31.6 Å². The Labute approximate surface area is 159 Å². The molecule has 0 aliphatic rings. The Morgan fingerprint density at radius 1 is 1.19 bits per heavy atom. The molecule has 6 nitrogen and oxygen atoms in total. The molecule has 27 heavy (non-hydrogen) atoms. The lowest BCUT2D eigenvalue weighted by atomic mass is 10.2. The van der Waals surface area contributed by atoms with E-state index in [1.54, 1.807) is 42.0 Å². The number of nitrogens with zero attached hydrogens (tertiary/aromatic N) is 2. The Morgan fingerprint density at radius 2 is 2.00 bits per heavy atom. The second-order valence-electron chi connectivity index (χ2n) is 5.60. The van der Waals surface area contributed by atoms with Crippen molar-refractivity contribution in [2.24, 2.45) is 4.99 Å². The van der Waals surface area contributed by atoms with Gasteiger partial charge < -0.3 is 18.8 Å². The first-order valence-electron chi connectivity index (χ1n) is 8.17. The maximum Gasteiger partial charge on any atom is 0.283 e. The topological polar surface area (TPSA) is 62.1 Å². The molecule has 142 valence electrons. The molecule has 0 aliphatic carbocycles. The predicted molar refractivity (Wildman–Crippen MR) is 101 cm³/mol. The highest BCUT2D eigenvalue weighted by Crippen LogP contribution is 2.25. The summed E-state index contributed by atoms with van der Waals surface area (Å²) >= 11 is 1.25. The summed E-state index contributed by atoms with van der Waals surface area (Å²) in [5.74, 6) is 0.0877. The maximum atomic E-state index is 14.3. The second kappa shape index (κ2) is 8.32. The molecule has 0 fully saturated rings. The summed E-state index contributed by atoms with van der Waals surface area (Å²) in [6.45, 7) is 0.747. The minimum atomic E-state index is -0.479. The zero-order chi connectivity index (χ0) is 19.4. The molecule has 3 aromatic rings. The summed E-state index contributed by atoms with van der Waals surface area (Å²) in [5, 5.41) is 0. The average molecular weight is 390 g/mol. The molecule has 2 aromatic carbocycles. The van der Waals surface area contributed by atoms with Crippen LogP contribution in [0.25, 0.3) is 10.2 Å². The van der Waals surface area contributed by atoms with E-state index in [2.05, 4.69) is 4.99 Å². The number of aromatic nitrogens is 1. The van der Waals surface area contributed by atoms with Gasteiger partial charge in [0.25, 0.3) is 5.91 Å². The molecule has 1 heterocycles. The first kappa shape index (κ1) is 19.1. The van der Waals surface area contributed by atoms with Gasteiger partial charge in [-0.25, -0.2) is 4.39 Å². The van der Waals surface area contributed by atoms with Crippen LogP contribution in [-0.4, -0.2) is 38.4 Å². The van der Waals surface area contributed by atoms with E-state index in [9.17, 15) is 9.18 Å². The van der Waals surface area contributed by atoms with Crippen LogP contribution in [0, 0.1) is 5.82 Å². The highest BCUT2D eigenvalue weighted by Gasteiger charge is 2.15. The van der Waals surface area contributed by atoms with Crippen molar-refractivity contribution >= 4 is 27.5 Å². The molecule has 0 radical (unpaired) electrons. The standard InChI is InChI=1S/C19H19FN2O4S/c1-24-10-9-22-17-14(20)5-4-6-16(17)27-19(22)21-18(23)13-8-7-12(25-2)11-15(13)26-3/h4-8,11H,9-10H2,1-3H3. The quantitative estimate of drug-likeness (QED) is 0.648. The molecule has 0 atom stereocenters. The number of carbonyl (C=O) groups excluding carboxylic acids is 1. The minimum absolute atomic E-state index is 0.300. The molecule has 0 saturated heterocycles. The number of ether oxygens (including phenoxy) is 3. The summed E-state index contributed by atoms with van der Waals surface area (Å²) in [5.41, 5.74) is 0.710. The minimum Gasteiger partial charge on any atom is -0.497 e. The van der Waals surface area contributed by atoms with Crippen LogP contribution in [0.1, 0.15) is 10.4 Å². The normalized spacial score (nSPS) is 11.8. The highest BCUT2D eigenvalue weighted by atomic mass is 32.1. The molecular formula is C19H19FN2O4S. The second-order valence-corrected chi connectivity index (χ2v) is 6.61. The molecule has 0 aliphatic heterocycles. The van der Waals surface area contributed by atoms with Crippen LogP contribution in [0.15, 0.2) is 41.4 Å². The van der Waals surface area contributed by atoms with Crippen molar-refractivity contribution < 1.29 is 23.4 Å². The summed E-state index contributed by atoms with van der Waals surface area (Å²) in [7, 11) is 4.57. The van der Waals surface area contributed by atoms with Crippen LogP contribution < -0.4 is 14.3 Å². The summed E-state index contributed by atoms with van der Waals surface area (Å²) in [6.07, 6.45) is 0. The van der Waals surface area contributed by atoms with Gasteiger partial charge in [0, 0.05) is 19.7 Å². The van der Waals surface area contributed by atoms with Gasteiger partial charge in [0.05, 0.1) is 36.6 Å². The number of para-hydroxylation sites is 1. The van der Waals surface area contributed by atoms with Crippen LogP contribution in [0.2, 0.25) is 0 Å². The van der Waals surface area contributed by atoms with E-state index >= 15 is 0 Å². The number of fused-ring (bicyclic) bond motifs is 1. The van der Waals surface area contributed by atoms with Gasteiger partial charge >= 0.3 is 0 Å². The van der Waals surface area contributed by atoms with E-state index in [1.807, 2.05) is 0 Å². The van der Waals surface area contributed by atoms with Crippen molar-refractivity contribution in [3.05, 3.63) is 52.6 Å². The monoisotopic (exact) mass is 390 g/mol. The van der Waals surface area contributed by atoms with Crippen LogP contribution in [-0.2, 0) is 11.3 Å². The first-order valence-corrected chi connectivity index (χ1v) is 8.98. The van der Waals surface area contributed by atoms with Crippen LogP contribution in [0.4, 0.5) is 4.39 Å². The largest absolute Gasteiger partial charge is 0.497 e. The zero-order valence-electron chi connectivity index (χ0n) is 15.2. The number of hydrogen-bond donors (Lipinski definition) is 0. The van der Waals surface area contributed by atoms with E-state index < -0.39 is 5.91 Å². The first-order chi connectivity index (χ1) is 13.1. The molecule has 0 unspecified atom stereocenters. The number of carbonyl (C=O) groups is 1. The fourth-order valence-electron chi connectivity index (χ4n) is 2.68. The van der Waals surface area contributed by atoms with Crippen LogP contribution in [0.5, 0.6) is 11.5 Å². The molecule has 0 saturated carbocycles. The smallest absolute Gasteiger partial charge is 0.283 e. The van der Waals surface area contributed by atoms with Gasteiger partial charge in [0.2, 0.25) is 0 Å². The molecule has 0 bridgehead atoms. The number of thiazole rings is 1. The van der Waals surface area contributed by atoms with Gasteiger partial charge in [0.1, 0.15) is 17.3 Å². The van der Waals surface area contributed by atoms with Crippen molar-refractivity contribution in [1.82, 2.24) is 4.57 Å². The average Bonchev–Trinajstić information content (AvgIpc) is 3.03. The van der Waals surface area contributed by atoms with Crippen molar-refractivity contribution in [2.45, 2.75) is 6.54 Å². The van der Waals surface area contributed by atoms with Gasteiger partial charge in [0.15, 0.2) is 4.80 Å². The molecule has 0 spiro atoms. The van der Waals surface area contributed by atoms with E-state index in [0.717, 1.165) is 0 Å². The van der Waals surface area contributed by atoms with Gasteiger partial charge in [-0.2, -0.15) is 4.99 Å². The lowest BCUT2D eigenvalue weighted by Gasteiger charge is -2.08. The lowest BCUT2D eigenvalue weighted by molar-refractivity contribution is 0.0994. The third kappa shape index (κ3) is 3.86. The van der Waals surface area contributed by atoms with Crippen molar-refractivity contribution in [3.63, 3.8) is 0 Å². The maximum absolute atomic E-state index is 14.3. The van der Waals surface area contributed by atoms with Crippen molar-refractivity contribution in [1.29, 1.82) is 0 Å². The third-order valence-electron chi connectivity index (χ3n) is 4.01. The molecule has 1 aromatic heterocycles. The van der Waals surface area contributed by atoms with Crippen molar-refractivity contribution in [2.75, 3.05) is 27.9 Å². The number of methoxy groups -OCH3 is 3. The number of rotatable bonds is 6. The fraction of sp³-hybridized carbons (Fsp3) is 0.263. The molecule has 0 N–H and O–H groups in total. The molecule has 1 amide bonds. The van der Waals surface area contributed by atoms with Gasteiger partial charge in [-0.05, 0) is 24.3 Å². The SMILES string of the molecule is COCCn1c(=NC(=O)c2ccc(OC)cc2OC)sc2cccc(F)c21. The summed E-state index contributed by atoms with van der Waals surface area (Å²) < 4.78 is 32.2. The Balaban J connectivity index is 2.12. The number of benzene rings is 2. The van der Waals surface area contributed by atoms with E-state index in [0.29, 0.717) is 45.2 Å². The number of amides is 1. The molecule has 3 rings (SSSR count). The summed E-state index contributed by atoms with van der Waals surface area (Å²) in [6, 6.07) is 9.69. The summed E-state index contributed by atoms with van der Waals surface area (Å²) in [4.78, 5) is 17.4. The van der Waals surface area contributed by atoms with Crippen LogP contribution in [0.3, 0.4) is 0 Å². The molecular weight excluding hydrogens is 371 g/mol. The third-order valence-corrected chi connectivity index (χ3v) is 5.05.